The highest BCUT2D eigenvalue weighted by atomic mass is 19.1. The maximum absolute atomic E-state index is 14.0. The number of aryl methyl sites for hydroxylation is 1. The molecule has 0 bridgehead atoms. The highest BCUT2D eigenvalue weighted by Gasteiger charge is 2.19. The highest BCUT2D eigenvalue weighted by Crippen LogP contribution is 2.19. The number of halogens is 1. The molecule has 8 heteroatoms. The van der Waals surface area contributed by atoms with Gasteiger partial charge in [-0.2, -0.15) is 4.98 Å². The van der Waals surface area contributed by atoms with Gasteiger partial charge in [0.2, 0.25) is 5.82 Å². The number of rotatable bonds is 6. The van der Waals surface area contributed by atoms with Crippen molar-refractivity contribution in [2.75, 3.05) is 7.05 Å². The lowest BCUT2D eigenvalue weighted by Crippen LogP contribution is -2.24. The molecule has 126 valence electrons. The quantitative estimate of drug-likeness (QED) is 0.746. The van der Waals surface area contributed by atoms with Crippen LogP contribution in [0.2, 0.25) is 0 Å². The summed E-state index contributed by atoms with van der Waals surface area (Å²) in [6, 6.07) is 6.66. The lowest BCUT2D eigenvalue weighted by atomic mass is 10.2. The van der Waals surface area contributed by atoms with Crippen LogP contribution in [0.25, 0.3) is 17.4 Å². The molecule has 24 heavy (non-hydrogen) atoms. The molecule has 0 aliphatic heterocycles. The second-order valence-corrected chi connectivity index (χ2v) is 5.48. The average molecular weight is 330 g/mol. The normalized spacial score (nSPS) is 12.5. The van der Waals surface area contributed by atoms with Gasteiger partial charge in [-0.3, -0.25) is 0 Å². The zero-order valence-electron chi connectivity index (χ0n) is 13.8. The lowest BCUT2D eigenvalue weighted by molar-refractivity contribution is 0.415. The summed E-state index contributed by atoms with van der Waals surface area (Å²) in [7, 11) is 1.87. The van der Waals surface area contributed by atoms with Crippen LogP contribution in [0.5, 0.6) is 0 Å². The zero-order chi connectivity index (χ0) is 17.1. The zero-order valence-corrected chi connectivity index (χ0v) is 13.8. The minimum absolute atomic E-state index is 0.227. The molecule has 0 saturated carbocycles. The third kappa shape index (κ3) is 3.18. The van der Waals surface area contributed by atoms with Gasteiger partial charge in [0.05, 0.1) is 0 Å². The van der Waals surface area contributed by atoms with E-state index in [2.05, 4.69) is 25.5 Å². The van der Waals surface area contributed by atoms with Gasteiger partial charge in [0.1, 0.15) is 17.3 Å². The third-order valence-corrected chi connectivity index (χ3v) is 3.71. The molecule has 1 atom stereocenters. The van der Waals surface area contributed by atoms with E-state index in [0.29, 0.717) is 36.0 Å². The first-order valence-corrected chi connectivity index (χ1v) is 7.83. The fraction of sp³-hybridized carbons (Fsp3) is 0.375. The van der Waals surface area contributed by atoms with Crippen molar-refractivity contribution in [3.63, 3.8) is 0 Å². The van der Waals surface area contributed by atoms with Crippen molar-refractivity contribution < 1.29 is 8.91 Å². The molecule has 0 fully saturated rings. The molecule has 1 unspecified atom stereocenters. The minimum atomic E-state index is -0.363. The molecule has 2 heterocycles. The number of hydrogen-bond donors (Lipinski definition) is 1. The van der Waals surface area contributed by atoms with Gasteiger partial charge < -0.3 is 9.84 Å². The van der Waals surface area contributed by atoms with Crippen LogP contribution >= 0.6 is 0 Å². The van der Waals surface area contributed by atoms with Crippen molar-refractivity contribution in [2.24, 2.45) is 0 Å². The van der Waals surface area contributed by atoms with Crippen LogP contribution in [-0.4, -0.2) is 38.0 Å². The van der Waals surface area contributed by atoms with Crippen LogP contribution in [0, 0.1) is 5.82 Å². The number of benzene rings is 1. The fourth-order valence-corrected chi connectivity index (χ4v) is 2.28. The summed E-state index contributed by atoms with van der Waals surface area (Å²) in [5, 5.41) is 11.4. The summed E-state index contributed by atoms with van der Waals surface area (Å²) in [6.07, 6.45) is 1.23. The topological polar surface area (TPSA) is 81.7 Å². The van der Waals surface area contributed by atoms with E-state index in [0.717, 1.165) is 0 Å². The van der Waals surface area contributed by atoms with Gasteiger partial charge in [0.15, 0.2) is 5.82 Å². The van der Waals surface area contributed by atoms with Crippen molar-refractivity contribution in [3.8, 4) is 17.4 Å². The van der Waals surface area contributed by atoms with Gasteiger partial charge in [-0.1, -0.05) is 24.2 Å². The number of hydrogen-bond acceptors (Lipinski definition) is 6. The van der Waals surface area contributed by atoms with E-state index in [1.54, 1.807) is 18.2 Å². The number of aromatic nitrogens is 5. The predicted molar refractivity (Wildman–Crippen MR) is 86.2 cm³/mol. The maximum Gasteiger partial charge on any atom is 0.297 e. The van der Waals surface area contributed by atoms with Crippen molar-refractivity contribution in [1.82, 2.24) is 30.2 Å². The van der Waals surface area contributed by atoms with Gasteiger partial charge in [-0.15, -0.1) is 5.10 Å². The lowest BCUT2D eigenvalue weighted by Gasteiger charge is -2.04. The first-order valence-electron chi connectivity index (χ1n) is 7.83. The standard InChI is InChI=1S/C16H19FN6O/c1-4-14-20-15(16-19-13(22-24-16)9-10(2)18-3)21-23(14)12-8-6-5-7-11(12)17/h5-8,10,18H,4,9H2,1-3H3. The first-order chi connectivity index (χ1) is 11.6. The van der Waals surface area contributed by atoms with Crippen molar-refractivity contribution >= 4 is 0 Å². The Hall–Kier alpha value is -2.61. The number of para-hydroxylation sites is 1. The number of nitrogens with one attached hydrogen (secondary N) is 1. The summed E-state index contributed by atoms with van der Waals surface area (Å²) >= 11 is 0. The summed E-state index contributed by atoms with van der Waals surface area (Å²) in [4.78, 5) is 8.73. The summed E-state index contributed by atoms with van der Waals surface area (Å²) in [5.74, 6) is 1.37. The molecule has 0 amide bonds. The first kappa shape index (κ1) is 16.3. The molecule has 1 aromatic carbocycles. The second-order valence-electron chi connectivity index (χ2n) is 5.48. The average Bonchev–Trinajstić information content (AvgIpc) is 3.21. The van der Waals surface area contributed by atoms with E-state index < -0.39 is 0 Å². The predicted octanol–water partition coefficient (Wildman–Crippen LogP) is 2.17. The van der Waals surface area contributed by atoms with Crippen LogP contribution in [0.3, 0.4) is 0 Å². The SMILES string of the molecule is CCc1nc(-c2nc(CC(C)NC)no2)nn1-c1ccccc1F. The van der Waals surface area contributed by atoms with Crippen LogP contribution in [0.15, 0.2) is 28.8 Å². The molecule has 3 rings (SSSR count). The number of likely N-dealkylation sites (N-methyl/N-ethyl adjacent to an activating group) is 1. The summed E-state index contributed by atoms with van der Waals surface area (Å²) < 4.78 is 20.8. The Morgan fingerprint density at radius 2 is 2.08 bits per heavy atom. The van der Waals surface area contributed by atoms with E-state index in [9.17, 15) is 4.39 Å². The van der Waals surface area contributed by atoms with Crippen LogP contribution in [-0.2, 0) is 12.8 Å². The maximum atomic E-state index is 14.0. The van der Waals surface area contributed by atoms with Gasteiger partial charge in [-0.25, -0.2) is 14.1 Å². The molecular weight excluding hydrogens is 311 g/mol. The van der Waals surface area contributed by atoms with Crippen molar-refractivity contribution in [2.45, 2.75) is 32.7 Å². The Kier molecular flexibility index (Phi) is 4.66. The Morgan fingerprint density at radius 1 is 1.29 bits per heavy atom. The second kappa shape index (κ2) is 6.88. The smallest absolute Gasteiger partial charge is 0.297 e. The van der Waals surface area contributed by atoms with E-state index in [4.69, 9.17) is 4.52 Å². The van der Waals surface area contributed by atoms with Gasteiger partial charge in [0.25, 0.3) is 5.89 Å². The van der Waals surface area contributed by atoms with E-state index in [1.165, 1.54) is 10.7 Å². The molecule has 1 N–H and O–H groups in total. The molecular formula is C16H19FN6O. The van der Waals surface area contributed by atoms with Crippen LogP contribution in [0.4, 0.5) is 4.39 Å². The Morgan fingerprint density at radius 3 is 2.79 bits per heavy atom. The van der Waals surface area contributed by atoms with Gasteiger partial charge >= 0.3 is 0 Å². The van der Waals surface area contributed by atoms with Crippen molar-refractivity contribution in [3.05, 3.63) is 41.7 Å². The fourth-order valence-electron chi connectivity index (χ4n) is 2.28. The summed E-state index contributed by atoms with van der Waals surface area (Å²) in [5.41, 5.74) is 0.344. The molecule has 3 aromatic rings. The van der Waals surface area contributed by atoms with Crippen LogP contribution < -0.4 is 5.32 Å². The number of nitrogens with zero attached hydrogens (tertiary/aromatic N) is 5. The van der Waals surface area contributed by atoms with Gasteiger partial charge in [-0.05, 0) is 26.1 Å². The monoisotopic (exact) mass is 330 g/mol. The van der Waals surface area contributed by atoms with E-state index in [-0.39, 0.29) is 17.7 Å². The Bertz CT molecular complexity index is 828. The summed E-state index contributed by atoms with van der Waals surface area (Å²) in [6.45, 7) is 3.95. The molecule has 0 aliphatic rings. The molecule has 0 saturated heterocycles. The van der Waals surface area contributed by atoms with Crippen molar-refractivity contribution in [1.29, 1.82) is 0 Å². The molecule has 0 aliphatic carbocycles. The third-order valence-electron chi connectivity index (χ3n) is 3.71. The molecule has 2 aromatic heterocycles. The Balaban J connectivity index is 1.95. The minimum Gasteiger partial charge on any atom is -0.330 e. The van der Waals surface area contributed by atoms with Crippen LogP contribution in [0.1, 0.15) is 25.5 Å². The van der Waals surface area contributed by atoms with E-state index in [1.807, 2.05) is 20.9 Å². The Labute approximate surface area is 138 Å². The largest absolute Gasteiger partial charge is 0.330 e. The van der Waals surface area contributed by atoms with Gasteiger partial charge in [0, 0.05) is 18.9 Å². The van der Waals surface area contributed by atoms with E-state index >= 15 is 0 Å². The molecule has 7 nitrogen and oxygen atoms in total. The highest BCUT2D eigenvalue weighted by molar-refractivity contribution is 5.42. The molecule has 0 radical (unpaired) electrons. The molecule has 0 spiro atoms.